The quantitative estimate of drug-likeness (QED) is 0.789. The standard InChI is InChI=1S/C16H19F3N2O2/c1-10(2)14(20-9-8-13(22)16(17,18)19)15(23)21-12-6-4-11(3)5-7-12/h4-10,14,20H,1-3H3,(H,21,23). The van der Waals surface area contributed by atoms with Gasteiger partial charge >= 0.3 is 6.18 Å². The summed E-state index contributed by atoms with van der Waals surface area (Å²) in [6, 6.07) is 6.35. The maximum Gasteiger partial charge on any atom is 0.454 e. The number of rotatable bonds is 6. The summed E-state index contributed by atoms with van der Waals surface area (Å²) in [6.07, 6.45) is -3.70. The van der Waals surface area contributed by atoms with Gasteiger partial charge in [0.1, 0.15) is 6.04 Å². The van der Waals surface area contributed by atoms with E-state index in [4.69, 9.17) is 0 Å². The summed E-state index contributed by atoms with van der Waals surface area (Å²) >= 11 is 0. The van der Waals surface area contributed by atoms with E-state index in [1.54, 1.807) is 26.0 Å². The van der Waals surface area contributed by atoms with Crippen LogP contribution in [0.5, 0.6) is 0 Å². The van der Waals surface area contributed by atoms with Gasteiger partial charge in [-0.1, -0.05) is 31.5 Å². The molecule has 1 atom stereocenters. The SMILES string of the molecule is Cc1ccc(NC(=O)C(NC=CC(=O)C(F)(F)F)C(C)C)cc1. The first kappa shape index (κ1) is 18.7. The summed E-state index contributed by atoms with van der Waals surface area (Å²) in [6.45, 7) is 5.39. The van der Waals surface area contributed by atoms with Crippen molar-refractivity contribution in [1.29, 1.82) is 0 Å². The Balaban J connectivity index is 2.70. The topological polar surface area (TPSA) is 58.2 Å². The normalized spacial score (nSPS) is 13.2. The van der Waals surface area contributed by atoms with E-state index in [9.17, 15) is 22.8 Å². The highest BCUT2D eigenvalue weighted by Gasteiger charge is 2.36. The zero-order chi connectivity index (χ0) is 17.6. The number of amides is 1. The third-order valence-corrected chi connectivity index (χ3v) is 3.06. The molecule has 7 heteroatoms. The van der Waals surface area contributed by atoms with Gasteiger partial charge in [-0.05, 0) is 25.0 Å². The molecule has 1 unspecified atom stereocenters. The first-order valence-corrected chi connectivity index (χ1v) is 7.02. The molecule has 0 saturated carbocycles. The van der Waals surface area contributed by atoms with Crippen molar-refractivity contribution >= 4 is 17.4 Å². The molecule has 0 aliphatic carbocycles. The molecule has 2 N–H and O–H groups in total. The van der Waals surface area contributed by atoms with E-state index in [0.29, 0.717) is 11.8 Å². The van der Waals surface area contributed by atoms with Gasteiger partial charge in [0.15, 0.2) is 0 Å². The van der Waals surface area contributed by atoms with Crippen LogP contribution in [0.15, 0.2) is 36.5 Å². The number of nitrogens with one attached hydrogen (secondary N) is 2. The molecule has 0 spiro atoms. The van der Waals surface area contributed by atoms with Crippen molar-refractivity contribution in [3.63, 3.8) is 0 Å². The van der Waals surface area contributed by atoms with Crippen LogP contribution in [0.1, 0.15) is 19.4 Å². The number of hydrogen-bond donors (Lipinski definition) is 2. The fourth-order valence-electron chi connectivity index (χ4n) is 1.75. The third-order valence-electron chi connectivity index (χ3n) is 3.06. The molecule has 0 radical (unpaired) electrons. The van der Waals surface area contributed by atoms with E-state index in [0.717, 1.165) is 11.8 Å². The number of aryl methyl sites for hydroxylation is 1. The predicted octanol–water partition coefficient (Wildman–Crippen LogP) is 3.19. The number of anilines is 1. The Morgan fingerprint density at radius 1 is 1.13 bits per heavy atom. The minimum Gasteiger partial charge on any atom is -0.379 e. The van der Waals surface area contributed by atoms with Crippen LogP contribution < -0.4 is 10.6 Å². The predicted molar refractivity (Wildman–Crippen MR) is 81.8 cm³/mol. The monoisotopic (exact) mass is 328 g/mol. The van der Waals surface area contributed by atoms with Gasteiger partial charge in [-0.25, -0.2) is 0 Å². The van der Waals surface area contributed by atoms with E-state index in [-0.39, 0.29) is 5.92 Å². The number of hydrogen-bond acceptors (Lipinski definition) is 3. The first-order valence-electron chi connectivity index (χ1n) is 7.02. The van der Waals surface area contributed by atoms with E-state index < -0.39 is 23.9 Å². The van der Waals surface area contributed by atoms with Gasteiger partial charge in [-0.15, -0.1) is 0 Å². The number of alkyl halides is 3. The number of halogens is 3. The molecule has 0 fully saturated rings. The van der Waals surface area contributed by atoms with Crippen LogP contribution in [0.3, 0.4) is 0 Å². The van der Waals surface area contributed by atoms with Gasteiger partial charge in [0.25, 0.3) is 5.78 Å². The maximum atomic E-state index is 12.2. The Bertz CT molecular complexity index is 578. The Morgan fingerprint density at radius 3 is 2.17 bits per heavy atom. The molecule has 1 amide bonds. The van der Waals surface area contributed by atoms with Gasteiger partial charge < -0.3 is 10.6 Å². The van der Waals surface area contributed by atoms with Gasteiger partial charge in [-0.3, -0.25) is 9.59 Å². The molecule has 1 aromatic carbocycles. The van der Waals surface area contributed by atoms with Crippen LogP contribution in [0.25, 0.3) is 0 Å². The Labute approximate surface area is 132 Å². The fraction of sp³-hybridized carbons (Fsp3) is 0.375. The van der Waals surface area contributed by atoms with Crippen LogP contribution in [-0.4, -0.2) is 23.9 Å². The zero-order valence-corrected chi connectivity index (χ0v) is 13.1. The second-order valence-electron chi connectivity index (χ2n) is 5.44. The highest BCUT2D eigenvalue weighted by molar-refractivity contribution is 5.96. The van der Waals surface area contributed by atoms with E-state index in [1.165, 1.54) is 0 Å². The molecule has 1 rings (SSSR count). The number of carbonyl (C=O) groups excluding carboxylic acids is 2. The molecule has 0 aromatic heterocycles. The van der Waals surface area contributed by atoms with Crippen LogP contribution in [-0.2, 0) is 9.59 Å². The van der Waals surface area contributed by atoms with Crippen LogP contribution in [0, 0.1) is 12.8 Å². The molecule has 0 aliphatic rings. The number of benzene rings is 1. The van der Waals surface area contributed by atoms with Crippen molar-refractivity contribution in [1.82, 2.24) is 5.32 Å². The lowest BCUT2D eigenvalue weighted by atomic mass is 10.0. The highest BCUT2D eigenvalue weighted by Crippen LogP contribution is 2.16. The van der Waals surface area contributed by atoms with Gasteiger partial charge in [0.05, 0.1) is 0 Å². The molecule has 0 aliphatic heterocycles. The van der Waals surface area contributed by atoms with Crippen LogP contribution in [0.2, 0.25) is 0 Å². The lowest BCUT2D eigenvalue weighted by Gasteiger charge is -2.20. The minimum atomic E-state index is -4.92. The fourth-order valence-corrected chi connectivity index (χ4v) is 1.75. The van der Waals surface area contributed by atoms with Crippen molar-refractivity contribution in [2.24, 2.45) is 5.92 Å². The average molecular weight is 328 g/mol. The van der Waals surface area contributed by atoms with Crippen molar-refractivity contribution in [3.8, 4) is 0 Å². The van der Waals surface area contributed by atoms with E-state index in [1.807, 2.05) is 19.1 Å². The molecule has 0 bridgehead atoms. The summed E-state index contributed by atoms with van der Waals surface area (Å²) in [5.41, 5.74) is 1.62. The summed E-state index contributed by atoms with van der Waals surface area (Å²) < 4.78 is 36.3. The Hall–Kier alpha value is -2.31. The molecular weight excluding hydrogens is 309 g/mol. The summed E-state index contributed by atoms with van der Waals surface area (Å²) in [7, 11) is 0. The molecule has 0 saturated heterocycles. The lowest BCUT2D eigenvalue weighted by Crippen LogP contribution is -2.42. The maximum absolute atomic E-state index is 12.2. The lowest BCUT2D eigenvalue weighted by molar-refractivity contribution is -0.165. The zero-order valence-electron chi connectivity index (χ0n) is 13.1. The highest BCUT2D eigenvalue weighted by atomic mass is 19.4. The summed E-state index contributed by atoms with van der Waals surface area (Å²) in [5, 5.41) is 5.22. The van der Waals surface area contributed by atoms with Crippen LogP contribution >= 0.6 is 0 Å². The van der Waals surface area contributed by atoms with Crippen LogP contribution in [0.4, 0.5) is 18.9 Å². The number of carbonyl (C=O) groups is 2. The minimum absolute atomic E-state index is 0.189. The molecular formula is C16H19F3N2O2. The molecule has 23 heavy (non-hydrogen) atoms. The van der Waals surface area contributed by atoms with Crippen molar-refractivity contribution in [3.05, 3.63) is 42.1 Å². The second kappa shape index (κ2) is 7.80. The smallest absolute Gasteiger partial charge is 0.379 e. The third kappa shape index (κ3) is 6.14. The Morgan fingerprint density at radius 2 is 1.70 bits per heavy atom. The molecule has 126 valence electrons. The van der Waals surface area contributed by atoms with E-state index >= 15 is 0 Å². The Kier molecular flexibility index (Phi) is 6.36. The van der Waals surface area contributed by atoms with Gasteiger partial charge in [0.2, 0.25) is 5.91 Å². The van der Waals surface area contributed by atoms with Crippen molar-refractivity contribution in [2.75, 3.05) is 5.32 Å². The van der Waals surface area contributed by atoms with Crippen molar-refractivity contribution in [2.45, 2.75) is 33.0 Å². The van der Waals surface area contributed by atoms with Gasteiger partial charge in [-0.2, -0.15) is 13.2 Å². The first-order chi connectivity index (χ1) is 10.6. The summed E-state index contributed by atoms with van der Waals surface area (Å²) in [5.74, 6) is -2.56. The molecule has 0 heterocycles. The number of allylic oxidation sites excluding steroid dienone is 1. The number of ketones is 1. The van der Waals surface area contributed by atoms with Gasteiger partial charge in [0, 0.05) is 18.0 Å². The van der Waals surface area contributed by atoms with E-state index in [2.05, 4.69) is 10.6 Å². The average Bonchev–Trinajstić information content (AvgIpc) is 2.44. The summed E-state index contributed by atoms with van der Waals surface area (Å²) in [4.78, 5) is 23.0. The molecule has 4 nitrogen and oxygen atoms in total. The van der Waals surface area contributed by atoms with Crippen molar-refractivity contribution < 1.29 is 22.8 Å². The largest absolute Gasteiger partial charge is 0.454 e. The second-order valence-corrected chi connectivity index (χ2v) is 5.44. The molecule has 1 aromatic rings.